The zero-order valence-electron chi connectivity index (χ0n) is 14.0. The van der Waals surface area contributed by atoms with Crippen LogP contribution in [0.1, 0.15) is 65.7 Å². The van der Waals surface area contributed by atoms with Crippen LogP contribution in [0.15, 0.2) is 0 Å². The molecule has 1 N–H and O–H groups in total. The number of nitrogens with one attached hydrogen (secondary N) is 1. The van der Waals surface area contributed by atoms with E-state index in [1.807, 2.05) is 25.7 Å². The number of likely N-dealkylation sites (tertiary alicyclic amines) is 1. The fraction of sp³-hybridized carbons (Fsp3) is 0.941. The Morgan fingerprint density at radius 1 is 1.10 bits per heavy atom. The third-order valence-electron chi connectivity index (χ3n) is 4.57. The van der Waals surface area contributed by atoms with E-state index in [0.717, 1.165) is 38.5 Å². The minimum absolute atomic E-state index is 0.152. The Bertz CT molecular complexity index is 324. The zero-order valence-corrected chi connectivity index (χ0v) is 14.0. The van der Waals surface area contributed by atoms with E-state index < -0.39 is 5.60 Å². The van der Waals surface area contributed by atoms with Crippen molar-refractivity contribution < 1.29 is 9.53 Å². The lowest BCUT2D eigenvalue weighted by molar-refractivity contribution is 0.0183. The molecule has 1 amide bonds. The van der Waals surface area contributed by atoms with Crippen molar-refractivity contribution in [1.82, 2.24) is 10.2 Å². The number of ether oxygens (including phenoxy) is 1. The summed E-state index contributed by atoms with van der Waals surface area (Å²) in [7, 11) is 0. The molecule has 0 unspecified atom stereocenters. The fourth-order valence-electron chi connectivity index (χ4n) is 3.29. The molecule has 2 fully saturated rings. The van der Waals surface area contributed by atoms with Gasteiger partial charge >= 0.3 is 6.09 Å². The summed E-state index contributed by atoms with van der Waals surface area (Å²) in [6, 6.07) is 0.739. The summed E-state index contributed by atoms with van der Waals surface area (Å²) in [5.74, 6) is 0.714. The summed E-state index contributed by atoms with van der Waals surface area (Å²) >= 11 is 0. The number of piperidine rings is 1. The first-order valence-corrected chi connectivity index (χ1v) is 8.65. The van der Waals surface area contributed by atoms with Crippen LogP contribution in [0.4, 0.5) is 4.79 Å². The molecule has 0 bridgehead atoms. The van der Waals surface area contributed by atoms with Crippen LogP contribution in [0.5, 0.6) is 0 Å². The lowest BCUT2D eigenvalue weighted by atomic mass is 9.93. The van der Waals surface area contributed by atoms with Crippen molar-refractivity contribution in [2.45, 2.75) is 77.4 Å². The molecule has 4 heteroatoms. The van der Waals surface area contributed by atoms with Gasteiger partial charge in [0.25, 0.3) is 0 Å². The number of rotatable bonds is 3. The monoisotopic (exact) mass is 296 g/mol. The van der Waals surface area contributed by atoms with Gasteiger partial charge in [0.05, 0.1) is 0 Å². The predicted octanol–water partition coefficient (Wildman–Crippen LogP) is 3.56. The Labute approximate surface area is 129 Å². The lowest BCUT2D eigenvalue weighted by Gasteiger charge is -2.34. The van der Waals surface area contributed by atoms with E-state index in [1.165, 1.54) is 32.1 Å². The first kappa shape index (κ1) is 16.6. The molecule has 0 aromatic rings. The predicted molar refractivity (Wildman–Crippen MR) is 85.4 cm³/mol. The topological polar surface area (TPSA) is 41.6 Å². The van der Waals surface area contributed by atoms with Crippen LogP contribution in [-0.2, 0) is 4.74 Å². The lowest BCUT2D eigenvalue weighted by Crippen LogP contribution is -2.44. The number of carbonyl (C=O) groups is 1. The van der Waals surface area contributed by atoms with Gasteiger partial charge in [-0.15, -0.1) is 0 Å². The molecule has 0 spiro atoms. The van der Waals surface area contributed by atoms with E-state index >= 15 is 0 Å². The van der Waals surface area contributed by atoms with Gasteiger partial charge in [0.2, 0.25) is 0 Å². The molecule has 1 aliphatic heterocycles. The Morgan fingerprint density at radius 3 is 2.29 bits per heavy atom. The molecule has 0 radical (unpaired) electrons. The Hall–Kier alpha value is -0.770. The molecule has 0 aromatic carbocycles. The maximum absolute atomic E-state index is 12.0. The minimum Gasteiger partial charge on any atom is -0.444 e. The van der Waals surface area contributed by atoms with E-state index in [0.29, 0.717) is 5.92 Å². The van der Waals surface area contributed by atoms with Crippen molar-refractivity contribution in [3.63, 3.8) is 0 Å². The van der Waals surface area contributed by atoms with Gasteiger partial charge in [0.1, 0.15) is 5.60 Å². The van der Waals surface area contributed by atoms with E-state index in [1.54, 1.807) is 0 Å². The largest absolute Gasteiger partial charge is 0.444 e. The van der Waals surface area contributed by atoms with Crippen molar-refractivity contribution in [3.05, 3.63) is 0 Å². The van der Waals surface area contributed by atoms with Crippen LogP contribution in [-0.4, -0.2) is 42.3 Å². The number of hydrogen-bond acceptors (Lipinski definition) is 3. The Balaban J connectivity index is 1.64. The average Bonchev–Trinajstić information content (AvgIpc) is 2.45. The summed E-state index contributed by atoms with van der Waals surface area (Å²) in [5.41, 5.74) is -0.392. The van der Waals surface area contributed by atoms with Crippen LogP contribution in [0.25, 0.3) is 0 Å². The summed E-state index contributed by atoms with van der Waals surface area (Å²) in [4.78, 5) is 13.9. The molecule has 122 valence electrons. The maximum atomic E-state index is 12.0. The van der Waals surface area contributed by atoms with Crippen molar-refractivity contribution >= 4 is 6.09 Å². The van der Waals surface area contributed by atoms with E-state index in [2.05, 4.69) is 5.32 Å². The highest BCUT2D eigenvalue weighted by atomic mass is 16.6. The smallest absolute Gasteiger partial charge is 0.410 e. The molecule has 1 heterocycles. The van der Waals surface area contributed by atoms with Crippen LogP contribution in [0.3, 0.4) is 0 Å². The van der Waals surface area contributed by atoms with Crippen LogP contribution >= 0.6 is 0 Å². The standard InChI is InChI=1S/C17H32N2O2/c1-17(2,3)21-16(20)19-11-9-14(10-12-19)13-18-15-7-5-4-6-8-15/h14-15,18H,4-13H2,1-3H3. The zero-order chi connectivity index (χ0) is 15.3. The molecule has 1 saturated heterocycles. The highest BCUT2D eigenvalue weighted by molar-refractivity contribution is 5.68. The fourth-order valence-corrected chi connectivity index (χ4v) is 3.29. The van der Waals surface area contributed by atoms with Gasteiger partial charge in [-0.25, -0.2) is 4.79 Å². The van der Waals surface area contributed by atoms with E-state index in [-0.39, 0.29) is 6.09 Å². The second-order valence-corrected chi connectivity index (χ2v) is 7.65. The molecule has 1 aliphatic carbocycles. The molecule has 0 atom stereocenters. The Morgan fingerprint density at radius 2 is 1.71 bits per heavy atom. The molecule has 4 nitrogen and oxygen atoms in total. The molecule has 2 aliphatic rings. The van der Waals surface area contributed by atoms with Crippen LogP contribution in [0.2, 0.25) is 0 Å². The van der Waals surface area contributed by atoms with Crippen molar-refractivity contribution in [1.29, 1.82) is 0 Å². The van der Waals surface area contributed by atoms with Gasteiger partial charge in [0, 0.05) is 19.1 Å². The summed E-state index contributed by atoms with van der Waals surface area (Å²) < 4.78 is 5.44. The number of hydrogen-bond donors (Lipinski definition) is 1. The highest BCUT2D eigenvalue weighted by Gasteiger charge is 2.27. The quantitative estimate of drug-likeness (QED) is 0.866. The Kier molecular flexibility index (Phi) is 5.91. The molecule has 0 aromatic heterocycles. The van der Waals surface area contributed by atoms with Gasteiger partial charge in [-0.05, 0) is 58.9 Å². The van der Waals surface area contributed by atoms with Gasteiger partial charge in [-0.1, -0.05) is 19.3 Å². The number of carbonyl (C=O) groups excluding carboxylic acids is 1. The number of nitrogens with zero attached hydrogens (tertiary/aromatic N) is 1. The van der Waals surface area contributed by atoms with Gasteiger partial charge in [-0.3, -0.25) is 0 Å². The highest BCUT2D eigenvalue weighted by Crippen LogP contribution is 2.21. The molecule has 1 saturated carbocycles. The van der Waals surface area contributed by atoms with Crippen molar-refractivity contribution in [3.8, 4) is 0 Å². The summed E-state index contributed by atoms with van der Waals surface area (Å²) in [6.45, 7) is 8.56. The van der Waals surface area contributed by atoms with Gasteiger partial charge in [-0.2, -0.15) is 0 Å². The van der Waals surface area contributed by atoms with E-state index in [9.17, 15) is 4.79 Å². The molecule has 21 heavy (non-hydrogen) atoms. The van der Waals surface area contributed by atoms with Gasteiger partial charge < -0.3 is 15.0 Å². The maximum Gasteiger partial charge on any atom is 0.410 e. The van der Waals surface area contributed by atoms with Crippen LogP contribution < -0.4 is 5.32 Å². The first-order valence-electron chi connectivity index (χ1n) is 8.65. The third-order valence-corrected chi connectivity index (χ3v) is 4.57. The van der Waals surface area contributed by atoms with Crippen LogP contribution in [0, 0.1) is 5.92 Å². The average molecular weight is 296 g/mol. The summed E-state index contributed by atoms with van der Waals surface area (Å²) in [5, 5.41) is 3.74. The number of amides is 1. The first-order chi connectivity index (χ1) is 9.94. The van der Waals surface area contributed by atoms with Crippen molar-refractivity contribution in [2.24, 2.45) is 5.92 Å². The molecular formula is C17H32N2O2. The molecular weight excluding hydrogens is 264 g/mol. The minimum atomic E-state index is -0.392. The van der Waals surface area contributed by atoms with E-state index in [4.69, 9.17) is 4.74 Å². The normalized spacial score (nSPS) is 22.3. The van der Waals surface area contributed by atoms with Gasteiger partial charge in [0.15, 0.2) is 0 Å². The third kappa shape index (κ3) is 5.85. The molecule has 2 rings (SSSR count). The SMILES string of the molecule is CC(C)(C)OC(=O)N1CCC(CNC2CCCCC2)CC1. The second-order valence-electron chi connectivity index (χ2n) is 7.65. The summed E-state index contributed by atoms with van der Waals surface area (Å²) in [6.07, 6.45) is 8.91. The second kappa shape index (κ2) is 7.48. The van der Waals surface area contributed by atoms with Crippen molar-refractivity contribution in [2.75, 3.05) is 19.6 Å².